The van der Waals surface area contributed by atoms with Crippen LogP contribution in [0.5, 0.6) is 0 Å². The predicted molar refractivity (Wildman–Crippen MR) is 90.7 cm³/mol. The van der Waals surface area contributed by atoms with Crippen LogP contribution in [-0.4, -0.2) is 18.6 Å². The first-order chi connectivity index (χ1) is 10.2. The van der Waals surface area contributed by atoms with Gasteiger partial charge in [0.15, 0.2) is 0 Å². The van der Waals surface area contributed by atoms with E-state index in [1.54, 1.807) is 0 Å². The SMILES string of the molecule is CCC(CC)CN1CC(C)(C2CC2)NCc2ccccc21. The number of hydrogen-bond donors (Lipinski definition) is 1. The second kappa shape index (κ2) is 6.00. The van der Waals surface area contributed by atoms with Gasteiger partial charge in [-0.2, -0.15) is 0 Å². The first-order valence-electron chi connectivity index (χ1n) is 8.74. The fourth-order valence-corrected chi connectivity index (χ4v) is 3.82. The van der Waals surface area contributed by atoms with Crippen molar-refractivity contribution in [2.75, 3.05) is 18.0 Å². The van der Waals surface area contributed by atoms with Crippen molar-refractivity contribution in [1.82, 2.24) is 5.32 Å². The summed E-state index contributed by atoms with van der Waals surface area (Å²) in [5, 5.41) is 3.87. The first-order valence-corrected chi connectivity index (χ1v) is 8.74. The Morgan fingerprint density at radius 2 is 1.95 bits per heavy atom. The minimum Gasteiger partial charge on any atom is -0.369 e. The number of hydrogen-bond acceptors (Lipinski definition) is 2. The molecule has 2 aliphatic rings. The standard InChI is InChI=1S/C19H30N2/c1-4-15(5-2)13-21-14-19(3,17-10-11-17)20-12-16-8-6-7-9-18(16)21/h6-9,15,17,20H,4-5,10-14H2,1-3H3. The van der Waals surface area contributed by atoms with Crippen LogP contribution in [0.25, 0.3) is 0 Å². The van der Waals surface area contributed by atoms with Crippen LogP contribution in [0.1, 0.15) is 52.0 Å². The lowest BCUT2D eigenvalue weighted by Gasteiger charge is -2.37. The van der Waals surface area contributed by atoms with E-state index in [0.29, 0.717) is 0 Å². The Balaban J connectivity index is 1.88. The van der Waals surface area contributed by atoms with Gasteiger partial charge in [-0.1, -0.05) is 44.9 Å². The lowest BCUT2D eigenvalue weighted by atomic mass is 9.94. The largest absolute Gasteiger partial charge is 0.369 e. The maximum atomic E-state index is 3.87. The minimum atomic E-state index is 0.283. The molecular formula is C19H30N2. The van der Waals surface area contributed by atoms with Crippen molar-refractivity contribution in [3.63, 3.8) is 0 Å². The van der Waals surface area contributed by atoms with Gasteiger partial charge in [0, 0.05) is 30.9 Å². The van der Waals surface area contributed by atoms with Gasteiger partial charge in [0.25, 0.3) is 0 Å². The molecule has 1 fully saturated rings. The van der Waals surface area contributed by atoms with Crippen LogP contribution in [0.4, 0.5) is 5.69 Å². The number of nitrogens with zero attached hydrogens (tertiary/aromatic N) is 1. The zero-order chi connectivity index (χ0) is 14.9. The Morgan fingerprint density at radius 1 is 1.24 bits per heavy atom. The summed E-state index contributed by atoms with van der Waals surface area (Å²) in [5.74, 6) is 1.68. The molecule has 1 N–H and O–H groups in total. The maximum absolute atomic E-state index is 3.87. The second-order valence-corrected chi connectivity index (χ2v) is 7.24. The minimum absolute atomic E-state index is 0.283. The van der Waals surface area contributed by atoms with Gasteiger partial charge in [-0.3, -0.25) is 0 Å². The van der Waals surface area contributed by atoms with Crippen molar-refractivity contribution in [3.8, 4) is 0 Å². The highest BCUT2D eigenvalue weighted by Gasteiger charge is 2.43. The quantitative estimate of drug-likeness (QED) is 0.872. The highest BCUT2D eigenvalue weighted by molar-refractivity contribution is 5.55. The number of para-hydroxylation sites is 1. The van der Waals surface area contributed by atoms with Crippen molar-refractivity contribution >= 4 is 5.69 Å². The summed E-state index contributed by atoms with van der Waals surface area (Å²) in [7, 11) is 0. The molecule has 0 bridgehead atoms. The molecule has 1 aromatic rings. The average molecular weight is 286 g/mol. The summed E-state index contributed by atoms with van der Waals surface area (Å²) in [6.07, 6.45) is 5.36. The summed E-state index contributed by atoms with van der Waals surface area (Å²) in [6.45, 7) is 10.5. The van der Waals surface area contributed by atoms with Gasteiger partial charge in [-0.15, -0.1) is 0 Å². The molecule has 0 aromatic heterocycles. The molecule has 3 rings (SSSR count). The summed E-state index contributed by atoms with van der Waals surface area (Å²) >= 11 is 0. The molecule has 0 radical (unpaired) electrons. The number of fused-ring (bicyclic) bond motifs is 1. The van der Waals surface area contributed by atoms with Crippen LogP contribution in [-0.2, 0) is 6.54 Å². The number of nitrogens with one attached hydrogen (secondary N) is 1. The lowest BCUT2D eigenvalue weighted by molar-refractivity contribution is 0.310. The monoisotopic (exact) mass is 286 g/mol. The lowest BCUT2D eigenvalue weighted by Crippen LogP contribution is -2.51. The van der Waals surface area contributed by atoms with Crippen LogP contribution >= 0.6 is 0 Å². The number of benzene rings is 1. The molecule has 1 aliphatic carbocycles. The highest BCUT2D eigenvalue weighted by Crippen LogP contribution is 2.42. The van der Waals surface area contributed by atoms with Gasteiger partial charge in [0.1, 0.15) is 0 Å². The van der Waals surface area contributed by atoms with E-state index in [4.69, 9.17) is 0 Å². The predicted octanol–water partition coefficient (Wildman–Crippen LogP) is 4.20. The molecule has 21 heavy (non-hydrogen) atoms. The molecule has 2 nitrogen and oxygen atoms in total. The summed E-state index contributed by atoms with van der Waals surface area (Å²) < 4.78 is 0. The number of anilines is 1. The van der Waals surface area contributed by atoms with Crippen molar-refractivity contribution in [2.45, 2.75) is 58.5 Å². The molecule has 1 unspecified atom stereocenters. The van der Waals surface area contributed by atoms with Crippen molar-refractivity contribution in [2.24, 2.45) is 11.8 Å². The Kier molecular flexibility index (Phi) is 4.26. The maximum Gasteiger partial charge on any atom is 0.0412 e. The fraction of sp³-hybridized carbons (Fsp3) is 0.684. The summed E-state index contributed by atoms with van der Waals surface area (Å²) in [5.41, 5.74) is 3.21. The Bertz CT molecular complexity index is 476. The third kappa shape index (κ3) is 3.11. The number of rotatable bonds is 5. The van der Waals surface area contributed by atoms with E-state index < -0.39 is 0 Å². The van der Waals surface area contributed by atoms with Gasteiger partial charge in [-0.25, -0.2) is 0 Å². The molecule has 0 amide bonds. The molecule has 2 heteroatoms. The zero-order valence-corrected chi connectivity index (χ0v) is 13.9. The topological polar surface area (TPSA) is 15.3 Å². The van der Waals surface area contributed by atoms with Gasteiger partial charge in [0.05, 0.1) is 0 Å². The van der Waals surface area contributed by atoms with E-state index in [-0.39, 0.29) is 5.54 Å². The molecule has 1 aromatic carbocycles. The smallest absolute Gasteiger partial charge is 0.0412 e. The Labute approximate surface area is 129 Å². The van der Waals surface area contributed by atoms with Gasteiger partial charge >= 0.3 is 0 Å². The second-order valence-electron chi connectivity index (χ2n) is 7.24. The van der Waals surface area contributed by atoms with Crippen molar-refractivity contribution in [1.29, 1.82) is 0 Å². The van der Waals surface area contributed by atoms with E-state index in [1.807, 2.05) is 0 Å². The normalized spacial score (nSPS) is 25.8. The first kappa shape index (κ1) is 14.9. The van der Waals surface area contributed by atoms with E-state index in [1.165, 1.54) is 43.5 Å². The van der Waals surface area contributed by atoms with E-state index in [9.17, 15) is 0 Å². The van der Waals surface area contributed by atoms with Crippen LogP contribution in [0.3, 0.4) is 0 Å². The van der Waals surface area contributed by atoms with Gasteiger partial charge < -0.3 is 10.2 Å². The zero-order valence-electron chi connectivity index (χ0n) is 13.9. The highest BCUT2D eigenvalue weighted by atomic mass is 15.2. The molecule has 1 heterocycles. The molecule has 116 valence electrons. The Morgan fingerprint density at radius 3 is 2.62 bits per heavy atom. The molecule has 1 atom stereocenters. The van der Waals surface area contributed by atoms with E-state index in [0.717, 1.165) is 24.9 Å². The van der Waals surface area contributed by atoms with E-state index >= 15 is 0 Å². The van der Waals surface area contributed by atoms with Crippen molar-refractivity contribution in [3.05, 3.63) is 29.8 Å². The molecular weight excluding hydrogens is 256 g/mol. The average Bonchev–Trinajstić information content (AvgIpc) is 3.34. The van der Waals surface area contributed by atoms with Crippen LogP contribution < -0.4 is 10.2 Å². The fourth-order valence-electron chi connectivity index (χ4n) is 3.82. The van der Waals surface area contributed by atoms with Gasteiger partial charge in [-0.05, 0) is 43.2 Å². The molecule has 0 saturated heterocycles. The third-order valence-electron chi connectivity index (χ3n) is 5.65. The summed E-state index contributed by atoms with van der Waals surface area (Å²) in [6, 6.07) is 8.98. The van der Waals surface area contributed by atoms with Crippen LogP contribution in [0.2, 0.25) is 0 Å². The molecule has 1 saturated carbocycles. The Hall–Kier alpha value is -1.02. The van der Waals surface area contributed by atoms with E-state index in [2.05, 4.69) is 55.3 Å². The van der Waals surface area contributed by atoms with Crippen LogP contribution in [0.15, 0.2) is 24.3 Å². The van der Waals surface area contributed by atoms with Gasteiger partial charge in [0.2, 0.25) is 0 Å². The third-order valence-corrected chi connectivity index (χ3v) is 5.65. The van der Waals surface area contributed by atoms with Crippen molar-refractivity contribution < 1.29 is 0 Å². The molecule has 0 spiro atoms. The molecule has 1 aliphatic heterocycles. The summed E-state index contributed by atoms with van der Waals surface area (Å²) in [4.78, 5) is 2.67. The van der Waals surface area contributed by atoms with Crippen LogP contribution in [0, 0.1) is 11.8 Å².